The first-order chi connectivity index (χ1) is 5.88. The first kappa shape index (κ1) is 10.8. The average molecular weight is 220 g/mol. The highest BCUT2D eigenvalue weighted by atomic mass is 35.5. The van der Waals surface area contributed by atoms with Crippen LogP contribution >= 0.6 is 22.9 Å². The van der Waals surface area contributed by atoms with Gasteiger partial charge in [0.25, 0.3) is 0 Å². The van der Waals surface area contributed by atoms with Crippen LogP contribution in [0.4, 0.5) is 5.00 Å². The van der Waals surface area contributed by atoms with Crippen LogP contribution in [-0.2, 0) is 0 Å². The maximum Gasteiger partial charge on any atom is 0.0950 e. The SMILES string of the molecule is CN(CC(C)(C)O)c1ccc(Cl)s1. The lowest BCUT2D eigenvalue weighted by molar-refractivity contribution is 0.0887. The molecule has 2 nitrogen and oxygen atoms in total. The summed E-state index contributed by atoms with van der Waals surface area (Å²) >= 11 is 7.32. The van der Waals surface area contributed by atoms with E-state index >= 15 is 0 Å². The predicted octanol–water partition coefficient (Wildman–Crippen LogP) is 2.61. The lowest BCUT2D eigenvalue weighted by atomic mass is 10.1. The molecule has 0 unspecified atom stereocenters. The molecule has 1 aromatic heterocycles. The maximum absolute atomic E-state index is 9.59. The number of hydrogen-bond acceptors (Lipinski definition) is 3. The molecule has 0 aliphatic heterocycles. The molecular weight excluding hydrogens is 206 g/mol. The van der Waals surface area contributed by atoms with Crippen molar-refractivity contribution in [3.05, 3.63) is 16.5 Å². The number of halogens is 1. The van der Waals surface area contributed by atoms with E-state index in [0.29, 0.717) is 6.54 Å². The summed E-state index contributed by atoms with van der Waals surface area (Å²) in [5, 5.41) is 10.7. The Balaban J connectivity index is 2.64. The van der Waals surface area contributed by atoms with Crippen molar-refractivity contribution >= 4 is 27.9 Å². The molecule has 0 atom stereocenters. The summed E-state index contributed by atoms with van der Waals surface area (Å²) in [5.41, 5.74) is -0.675. The highest BCUT2D eigenvalue weighted by molar-refractivity contribution is 7.19. The second-order valence-electron chi connectivity index (χ2n) is 3.75. The smallest absolute Gasteiger partial charge is 0.0950 e. The first-order valence-electron chi connectivity index (χ1n) is 4.07. The van der Waals surface area contributed by atoms with E-state index in [1.54, 1.807) is 13.8 Å². The number of aliphatic hydroxyl groups is 1. The molecule has 1 N–H and O–H groups in total. The number of thiophene rings is 1. The van der Waals surface area contributed by atoms with Gasteiger partial charge in [-0.25, -0.2) is 0 Å². The van der Waals surface area contributed by atoms with E-state index in [1.807, 2.05) is 24.1 Å². The van der Waals surface area contributed by atoms with Crippen LogP contribution in [0.3, 0.4) is 0 Å². The van der Waals surface area contributed by atoms with E-state index in [1.165, 1.54) is 11.3 Å². The zero-order chi connectivity index (χ0) is 10.1. The van der Waals surface area contributed by atoms with Gasteiger partial charge in [-0.2, -0.15) is 0 Å². The van der Waals surface area contributed by atoms with Crippen molar-refractivity contribution in [2.45, 2.75) is 19.4 Å². The molecule has 0 aliphatic rings. The summed E-state index contributed by atoms with van der Waals surface area (Å²) in [6, 6.07) is 3.82. The maximum atomic E-state index is 9.59. The van der Waals surface area contributed by atoms with Crippen molar-refractivity contribution in [1.82, 2.24) is 0 Å². The number of likely N-dealkylation sites (N-methyl/N-ethyl adjacent to an activating group) is 1. The van der Waals surface area contributed by atoms with Gasteiger partial charge in [-0.15, -0.1) is 11.3 Å². The van der Waals surface area contributed by atoms with Gasteiger partial charge in [0, 0.05) is 13.6 Å². The third-order valence-corrected chi connectivity index (χ3v) is 2.90. The van der Waals surface area contributed by atoms with Gasteiger partial charge in [-0.1, -0.05) is 11.6 Å². The first-order valence-corrected chi connectivity index (χ1v) is 5.27. The molecule has 1 aromatic rings. The fraction of sp³-hybridized carbons (Fsp3) is 0.556. The monoisotopic (exact) mass is 219 g/mol. The quantitative estimate of drug-likeness (QED) is 0.845. The summed E-state index contributed by atoms with van der Waals surface area (Å²) in [5.74, 6) is 0. The Morgan fingerprint density at radius 2 is 2.15 bits per heavy atom. The Bertz CT molecular complexity index is 279. The molecule has 0 bridgehead atoms. The molecule has 1 heterocycles. The molecule has 4 heteroatoms. The van der Waals surface area contributed by atoms with Crippen molar-refractivity contribution in [3.8, 4) is 0 Å². The molecule has 0 aromatic carbocycles. The zero-order valence-electron chi connectivity index (χ0n) is 8.04. The summed E-state index contributed by atoms with van der Waals surface area (Å²) < 4.78 is 0.776. The Morgan fingerprint density at radius 1 is 1.54 bits per heavy atom. The lowest BCUT2D eigenvalue weighted by Gasteiger charge is -2.25. The zero-order valence-corrected chi connectivity index (χ0v) is 9.61. The van der Waals surface area contributed by atoms with Gasteiger partial charge in [0.1, 0.15) is 0 Å². The Morgan fingerprint density at radius 3 is 2.54 bits per heavy atom. The van der Waals surface area contributed by atoms with Gasteiger partial charge in [-0.3, -0.25) is 0 Å². The van der Waals surface area contributed by atoms with E-state index in [0.717, 1.165) is 9.34 Å². The van der Waals surface area contributed by atoms with Gasteiger partial charge in [-0.05, 0) is 26.0 Å². The van der Waals surface area contributed by atoms with Crippen LogP contribution in [-0.4, -0.2) is 24.3 Å². The van der Waals surface area contributed by atoms with Crippen LogP contribution in [0.25, 0.3) is 0 Å². The number of rotatable bonds is 3. The number of hydrogen-bond donors (Lipinski definition) is 1. The van der Waals surface area contributed by atoms with Crippen molar-refractivity contribution in [2.75, 3.05) is 18.5 Å². The van der Waals surface area contributed by atoms with Gasteiger partial charge < -0.3 is 10.0 Å². The van der Waals surface area contributed by atoms with Crippen LogP contribution in [0, 0.1) is 0 Å². The van der Waals surface area contributed by atoms with Gasteiger partial charge >= 0.3 is 0 Å². The third-order valence-electron chi connectivity index (χ3n) is 1.56. The van der Waals surface area contributed by atoms with E-state index in [9.17, 15) is 5.11 Å². The second-order valence-corrected chi connectivity index (χ2v) is 5.44. The molecule has 0 radical (unpaired) electrons. The Kier molecular flexibility index (Phi) is 3.22. The molecule has 1 rings (SSSR count). The summed E-state index contributed by atoms with van der Waals surface area (Å²) in [4.78, 5) is 2.00. The lowest BCUT2D eigenvalue weighted by Crippen LogP contribution is -2.35. The van der Waals surface area contributed by atoms with Crippen molar-refractivity contribution in [2.24, 2.45) is 0 Å². The summed E-state index contributed by atoms with van der Waals surface area (Å²) in [6.07, 6.45) is 0. The average Bonchev–Trinajstić information content (AvgIpc) is 2.31. The summed E-state index contributed by atoms with van der Waals surface area (Å²) in [6.45, 7) is 4.18. The van der Waals surface area contributed by atoms with Gasteiger partial charge in [0.05, 0.1) is 14.9 Å². The molecule has 74 valence electrons. The Hall–Kier alpha value is -0.250. The molecule has 0 spiro atoms. The largest absolute Gasteiger partial charge is 0.389 e. The van der Waals surface area contributed by atoms with E-state index in [2.05, 4.69) is 0 Å². The topological polar surface area (TPSA) is 23.5 Å². The van der Waals surface area contributed by atoms with Crippen molar-refractivity contribution in [1.29, 1.82) is 0 Å². The molecule has 0 saturated carbocycles. The third kappa shape index (κ3) is 3.55. The standard InChI is InChI=1S/C9H14ClNOS/c1-9(2,12)6-11(3)8-5-4-7(10)13-8/h4-5,12H,6H2,1-3H3. The normalized spacial score (nSPS) is 11.8. The number of anilines is 1. The molecular formula is C9H14ClNOS. The molecule has 13 heavy (non-hydrogen) atoms. The van der Waals surface area contributed by atoms with Crippen molar-refractivity contribution < 1.29 is 5.11 Å². The molecule has 0 aliphatic carbocycles. The van der Waals surface area contributed by atoms with Crippen LogP contribution in [0.15, 0.2) is 12.1 Å². The fourth-order valence-electron chi connectivity index (χ4n) is 1.17. The van der Waals surface area contributed by atoms with Crippen LogP contribution in [0.2, 0.25) is 4.34 Å². The second kappa shape index (κ2) is 3.86. The van der Waals surface area contributed by atoms with Gasteiger partial charge in [0.15, 0.2) is 0 Å². The molecule has 0 amide bonds. The van der Waals surface area contributed by atoms with Crippen LogP contribution in [0.1, 0.15) is 13.8 Å². The number of nitrogens with zero attached hydrogens (tertiary/aromatic N) is 1. The van der Waals surface area contributed by atoms with Crippen molar-refractivity contribution in [3.63, 3.8) is 0 Å². The highest BCUT2D eigenvalue weighted by Gasteiger charge is 2.16. The van der Waals surface area contributed by atoms with Crippen LogP contribution in [0.5, 0.6) is 0 Å². The minimum absolute atomic E-state index is 0.601. The van der Waals surface area contributed by atoms with E-state index in [-0.39, 0.29) is 0 Å². The Labute approximate surface area is 87.8 Å². The predicted molar refractivity (Wildman–Crippen MR) is 58.9 cm³/mol. The molecule has 0 fully saturated rings. The summed E-state index contributed by atoms with van der Waals surface area (Å²) in [7, 11) is 1.94. The van der Waals surface area contributed by atoms with Gasteiger partial charge in [0.2, 0.25) is 0 Å². The minimum Gasteiger partial charge on any atom is -0.389 e. The fourth-order valence-corrected chi connectivity index (χ4v) is 2.16. The van der Waals surface area contributed by atoms with E-state index in [4.69, 9.17) is 11.6 Å². The van der Waals surface area contributed by atoms with E-state index < -0.39 is 5.60 Å². The molecule has 0 saturated heterocycles. The van der Waals surface area contributed by atoms with Crippen LogP contribution < -0.4 is 4.90 Å². The minimum atomic E-state index is -0.675. The highest BCUT2D eigenvalue weighted by Crippen LogP contribution is 2.29.